The summed E-state index contributed by atoms with van der Waals surface area (Å²) in [7, 11) is 0. The number of rotatable bonds is 5. The van der Waals surface area contributed by atoms with Gasteiger partial charge < -0.3 is 16.7 Å². The molecule has 6 nitrogen and oxygen atoms in total. The van der Waals surface area contributed by atoms with Crippen LogP contribution in [0.4, 0.5) is 0 Å². The van der Waals surface area contributed by atoms with Gasteiger partial charge >= 0.3 is 0 Å². The van der Waals surface area contributed by atoms with Gasteiger partial charge in [0.05, 0.1) is 0 Å². The summed E-state index contributed by atoms with van der Waals surface area (Å²) in [5.74, 6) is 0.570. The Hall–Kier alpha value is -1.14. The number of nitrogens with one attached hydrogen (secondary N) is 1. The van der Waals surface area contributed by atoms with Gasteiger partial charge in [0, 0.05) is 19.6 Å². The zero-order valence-corrected chi connectivity index (χ0v) is 10.2. The molecule has 0 aliphatic carbocycles. The van der Waals surface area contributed by atoms with Crippen LogP contribution < -0.4 is 11.5 Å². The first-order chi connectivity index (χ1) is 8.09. The van der Waals surface area contributed by atoms with Crippen LogP contribution in [0.1, 0.15) is 32.1 Å². The molecule has 0 saturated carbocycles. The maximum atomic E-state index is 9.37. The van der Waals surface area contributed by atoms with E-state index in [9.17, 15) is 5.21 Å². The van der Waals surface area contributed by atoms with Crippen molar-refractivity contribution in [1.82, 2.24) is 5.06 Å². The molecule has 0 radical (unpaired) electrons. The second-order valence-electron chi connectivity index (χ2n) is 4.60. The average molecular weight is 241 g/mol. The van der Waals surface area contributed by atoms with E-state index in [-0.39, 0.29) is 11.7 Å². The molecule has 0 bridgehead atoms. The minimum absolute atomic E-state index is 0.129. The molecule has 1 saturated heterocycles. The first kappa shape index (κ1) is 13.9. The second kappa shape index (κ2) is 7.24. The van der Waals surface area contributed by atoms with Crippen molar-refractivity contribution in [3.8, 4) is 0 Å². The van der Waals surface area contributed by atoms with Crippen LogP contribution in [-0.2, 0) is 0 Å². The fourth-order valence-corrected chi connectivity index (χ4v) is 2.11. The third-order valence-electron chi connectivity index (χ3n) is 3.08. The van der Waals surface area contributed by atoms with E-state index in [1.54, 1.807) is 0 Å². The van der Waals surface area contributed by atoms with Crippen molar-refractivity contribution in [2.24, 2.45) is 22.4 Å². The molecule has 1 heterocycles. The number of hydroxylamine groups is 2. The van der Waals surface area contributed by atoms with Crippen LogP contribution in [0.2, 0.25) is 0 Å². The Balaban J connectivity index is 2.08. The Morgan fingerprint density at radius 3 is 2.82 bits per heavy atom. The number of hydrogen-bond acceptors (Lipinski definition) is 4. The first-order valence-corrected chi connectivity index (χ1v) is 6.17. The molecule has 0 aromatic carbocycles. The van der Waals surface area contributed by atoms with Crippen LogP contribution >= 0.6 is 0 Å². The minimum Gasteiger partial charge on any atom is -0.381 e. The van der Waals surface area contributed by atoms with Crippen LogP contribution in [0.15, 0.2) is 4.99 Å². The van der Waals surface area contributed by atoms with E-state index >= 15 is 0 Å². The molecule has 17 heavy (non-hydrogen) atoms. The third-order valence-corrected chi connectivity index (χ3v) is 3.08. The summed E-state index contributed by atoms with van der Waals surface area (Å²) in [5.41, 5.74) is 10.6. The highest BCUT2D eigenvalue weighted by atomic mass is 16.5. The molecule has 6 N–H and O–H groups in total. The van der Waals surface area contributed by atoms with Crippen LogP contribution in [0, 0.1) is 11.3 Å². The smallest absolute Gasteiger partial charge is 0.161 e. The van der Waals surface area contributed by atoms with E-state index in [4.69, 9.17) is 16.9 Å². The molecule has 6 heteroatoms. The summed E-state index contributed by atoms with van der Waals surface area (Å²) in [6, 6.07) is 0. The topological polar surface area (TPSA) is 112 Å². The number of aliphatic imine (C=N–C) groups is 1. The molecular weight excluding hydrogens is 218 g/mol. The SMILES string of the molecule is N=C(N)C(N)=NCCCCC1CCCN(O)C1. The zero-order chi connectivity index (χ0) is 12.7. The fraction of sp³-hybridized carbons (Fsp3) is 0.818. The maximum Gasteiger partial charge on any atom is 0.161 e. The van der Waals surface area contributed by atoms with Gasteiger partial charge in [0.15, 0.2) is 11.7 Å². The Morgan fingerprint density at radius 2 is 2.18 bits per heavy atom. The van der Waals surface area contributed by atoms with Crippen molar-refractivity contribution in [2.75, 3.05) is 19.6 Å². The van der Waals surface area contributed by atoms with Gasteiger partial charge in [-0.25, -0.2) is 0 Å². The number of nitrogens with zero attached hydrogens (tertiary/aromatic N) is 2. The van der Waals surface area contributed by atoms with Gasteiger partial charge in [-0.3, -0.25) is 10.4 Å². The molecule has 0 aromatic rings. The van der Waals surface area contributed by atoms with Gasteiger partial charge in [-0.1, -0.05) is 6.42 Å². The average Bonchev–Trinajstić information content (AvgIpc) is 2.28. The molecular formula is C11H23N5O. The van der Waals surface area contributed by atoms with Gasteiger partial charge in [-0.2, -0.15) is 5.06 Å². The van der Waals surface area contributed by atoms with E-state index in [2.05, 4.69) is 4.99 Å². The summed E-state index contributed by atoms with van der Waals surface area (Å²) in [6.45, 7) is 2.22. The zero-order valence-electron chi connectivity index (χ0n) is 10.2. The van der Waals surface area contributed by atoms with E-state index < -0.39 is 0 Å². The maximum absolute atomic E-state index is 9.37. The molecule has 1 unspecified atom stereocenters. The number of nitrogens with two attached hydrogens (primary N) is 2. The molecule has 0 aromatic heterocycles. The molecule has 1 rings (SSSR count). The Bertz CT molecular complexity index is 279. The fourth-order valence-electron chi connectivity index (χ4n) is 2.11. The Morgan fingerprint density at radius 1 is 1.41 bits per heavy atom. The van der Waals surface area contributed by atoms with E-state index in [1.165, 1.54) is 11.5 Å². The van der Waals surface area contributed by atoms with Crippen LogP contribution in [-0.4, -0.2) is 41.6 Å². The van der Waals surface area contributed by atoms with Crippen molar-refractivity contribution in [2.45, 2.75) is 32.1 Å². The van der Waals surface area contributed by atoms with Crippen molar-refractivity contribution >= 4 is 11.7 Å². The normalized spacial score (nSPS) is 22.6. The van der Waals surface area contributed by atoms with E-state index in [0.29, 0.717) is 12.5 Å². The summed E-state index contributed by atoms with van der Waals surface area (Å²) >= 11 is 0. The van der Waals surface area contributed by atoms with Gasteiger partial charge in [-0.15, -0.1) is 0 Å². The molecule has 1 atom stereocenters. The van der Waals surface area contributed by atoms with Crippen LogP contribution in [0.25, 0.3) is 0 Å². The molecule has 0 amide bonds. The quantitative estimate of drug-likeness (QED) is 0.320. The number of piperidine rings is 1. The highest BCUT2D eigenvalue weighted by molar-refractivity contribution is 6.37. The molecule has 1 aliphatic heterocycles. The lowest BCUT2D eigenvalue weighted by Gasteiger charge is -2.27. The lowest BCUT2D eigenvalue weighted by atomic mass is 9.94. The molecule has 98 valence electrons. The van der Waals surface area contributed by atoms with Crippen LogP contribution in [0.5, 0.6) is 0 Å². The van der Waals surface area contributed by atoms with Gasteiger partial charge in [0.2, 0.25) is 0 Å². The van der Waals surface area contributed by atoms with E-state index in [1.807, 2.05) is 0 Å². The predicted molar refractivity (Wildman–Crippen MR) is 68.3 cm³/mol. The summed E-state index contributed by atoms with van der Waals surface area (Å²) in [5, 5.41) is 17.8. The lowest BCUT2D eigenvalue weighted by Crippen LogP contribution is -2.32. The highest BCUT2D eigenvalue weighted by Gasteiger charge is 2.17. The first-order valence-electron chi connectivity index (χ1n) is 6.17. The molecule has 1 fully saturated rings. The van der Waals surface area contributed by atoms with Crippen molar-refractivity contribution in [1.29, 1.82) is 5.41 Å². The van der Waals surface area contributed by atoms with E-state index in [0.717, 1.165) is 38.8 Å². The minimum atomic E-state index is -0.159. The molecule has 0 spiro atoms. The standard InChI is InChI=1S/C11H23N5O/c12-10(13)11(14)15-6-2-1-4-9-5-3-7-16(17)8-9/h9,17H,1-8H2,(H3,12,13)(H2,14,15). The largest absolute Gasteiger partial charge is 0.381 e. The summed E-state index contributed by atoms with van der Waals surface area (Å²) in [4.78, 5) is 4.01. The second-order valence-corrected chi connectivity index (χ2v) is 4.60. The van der Waals surface area contributed by atoms with Crippen molar-refractivity contribution in [3.05, 3.63) is 0 Å². The number of unbranched alkanes of at least 4 members (excludes halogenated alkanes) is 1. The Labute approximate surface area is 102 Å². The third kappa shape index (κ3) is 5.65. The highest BCUT2D eigenvalue weighted by Crippen LogP contribution is 2.20. The summed E-state index contributed by atoms with van der Waals surface area (Å²) in [6.07, 6.45) is 5.43. The molecule has 1 aliphatic rings. The predicted octanol–water partition coefficient (Wildman–Crippen LogP) is 0.551. The van der Waals surface area contributed by atoms with Crippen molar-refractivity contribution in [3.63, 3.8) is 0 Å². The van der Waals surface area contributed by atoms with Gasteiger partial charge in [0.1, 0.15) is 0 Å². The van der Waals surface area contributed by atoms with Crippen LogP contribution in [0.3, 0.4) is 0 Å². The lowest BCUT2D eigenvalue weighted by molar-refractivity contribution is -0.118. The summed E-state index contributed by atoms with van der Waals surface area (Å²) < 4.78 is 0. The van der Waals surface area contributed by atoms with Gasteiger partial charge in [-0.05, 0) is 31.6 Å². The Kier molecular flexibility index (Phi) is 5.93. The van der Waals surface area contributed by atoms with Crippen molar-refractivity contribution < 1.29 is 5.21 Å². The monoisotopic (exact) mass is 241 g/mol. The number of hydrogen-bond donors (Lipinski definition) is 4. The number of amidine groups is 2. The van der Waals surface area contributed by atoms with Gasteiger partial charge in [0.25, 0.3) is 0 Å².